The van der Waals surface area contributed by atoms with Gasteiger partial charge in [-0.3, -0.25) is 4.68 Å². The molecule has 2 rings (SSSR count). The number of thiocarbonyl (C=S) groups is 1. The van der Waals surface area contributed by atoms with E-state index in [0.717, 1.165) is 22.6 Å². The van der Waals surface area contributed by atoms with E-state index in [1.165, 1.54) is 0 Å². The first kappa shape index (κ1) is 12.5. The lowest BCUT2D eigenvalue weighted by molar-refractivity contribution is 0.764. The van der Waals surface area contributed by atoms with Crippen molar-refractivity contribution in [2.75, 3.05) is 5.32 Å². The topological polar surface area (TPSA) is 68.8 Å². The third-order valence-electron chi connectivity index (χ3n) is 2.65. The average molecular weight is 261 g/mol. The molecule has 94 valence electrons. The Morgan fingerprint density at radius 1 is 1.44 bits per heavy atom. The Kier molecular flexibility index (Phi) is 3.29. The Hall–Kier alpha value is -1.95. The van der Waals surface area contributed by atoms with Crippen LogP contribution in [-0.4, -0.2) is 19.8 Å². The lowest BCUT2D eigenvalue weighted by Crippen LogP contribution is -2.15. The second-order valence-corrected chi connectivity index (χ2v) is 4.58. The molecule has 0 unspecified atom stereocenters. The maximum Gasteiger partial charge on any atom is 0.141 e. The van der Waals surface area contributed by atoms with E-state index in [4.69, 9.17) is 18.0 Å². The van der Waals surface area contributed by atoms with E-state index in [0.29, 0.717) is 10.8 Å². The predicted molar refractivity (Wildman–Crippen MR) is 76.1 cm³/mol. The van der Waals surface area contributed by atoms with Gasteiger partial charge >= 0.3 is 0 Å². The van der Waals surface area contributed by atoms with Gasteiger partial charge in [0.1, 0.15) is 16.6 Å². The summed E-state index contributed by atoms with van der Waals surface area (Å²) in [5.74, 6) is 1.51. The minimum absolute atomic E-state index is 0.335. The van der Waals surface area contributed by atoms with Gasteiger partial charge in [-0.15, -0.1) is 0 Å². The van der Waals surface area contributed by atoms with Gasteiger partial charge in [-0.1, -0.05) is 12.2 Å². The van der Waals surface area contributed by atoms with Crippen LogP contribution in [0.15, 0.2) is 18.3 Å². The Labute approximate surface area is 111 Å². The molecule has 0 aliphatic heterocycles. The van der Waals surface area contributed by atoms with Crippen LogP contribution in [0.4, 0.5) is 11.6 Å². The van der Waals surface area contributed by atoms with Crippen LogP contribution in [-0.2, 0) is 7.05 Å². The fraction of sp³-hybridized carbons (Fsp3) is 0.250. The summed E-state index contributed by atoms with van der Waals surface area (Å²) in [7, 11) is 1.87. The molecule has 2 heterocycles. The molecule has 0 fully saturated rings. The van der Waals surface area contributed by atoms with Gasteiger partial charge in [-0.25, -0.2) is 4.98 Å². The van der Waals surface area contributed by atoms with E-state index in [-0.39, 0.29) is 0 Å². The van der Waals surface area contributed by atoms with Gasteiger partial charge in [-0.05, 0) is 25.5 Å². The molecular formula is C12H15N5S. The predicted octanol–water partition coefficient (Wildman–Crippen LogP) is 1.81. The maximum atomic E-state index is 5.74. The molecule has 0 saturated heterocycles. The second kappa shape index (κ2) is 4.73. The zero-order chi connectivity index (χ0) is 13.3. The van der Waals surface area contributed by atoms with Gasteiger partial charge in [0.05, 0.1) is 11.3 Å². The Morgan fingerprint density at radius 2 is 2.17 bits per heavy atom. The number of nitrogens with two attached hydrogens (primary N) is 1. The fourth-order valence-corrected chi connectivity index (χ4v) is 2.07. The number of nitrogens with zero attached hydrogens (tertiary/aromatic N) is 3. The minimum Gasteiger partial charge on any atom is -0.389 e. The molecular weight excluding hydrogens is 246 g/mol. The largest absolute Gasteiger partial charge is 0.389 e. The van der Waals surface area contributed by atoms with Crippen molar-refractivity contribution in [1.82, 2.24) is 14.8 Å². The zero-order valence-corrected chi connectivity index (χ0v) is 11.4. The van der Waals surface area contributed by atoms with Crippen LogP contribution in [0, 0.1) is 13.8 Å². The standard InChI is InChI=1S/C12H15N5S/c1-7-4-5-14-12(10(7)11(13)18)15-9-6-8(2)16-17(9)3/h4-6H,1-3H3,(H2,13,18)(H,14,15). The smallest absolute Gasteiger partial charge is 0.141 e. The van der Waals surface area contributed by atoms with E-state index < -0.39 is 0 Å². The quantitative estimate of drug-likeness (QED) is 0.825. The number of aryl methyl sites for hydroxylation is 3. The van der Waals surface area contributed by atoms with Crippen molar-refractivity contribution in [3.63, 3.8) is 0 Å². The highest BCUT2D eigenvalue weighted by atomic mass is 32.1. The van der Waals surface area contributed by atoms with Crippen LogP contribution >= 0.6 is 12.2 Å². The number of nitrogens with one attached hydrogen (secondary N) is 1. The number of hydrogen-bond donors (Lipinski definition) is 2. The highest BCUT2D eigenvalue weighted by Crippen LogP contribution is 2.21. The van der Waals surface area contributed by atoms with Crippen molar-refractivity contribution in [3.8, 4) is 0 Å². The van der Waals surface area contributed by atoms with Crippen LogP contribution in [0.1, 0.15) is 16.8 Å². The van der Waals surface area contributed by atoms with Crippen LogP contribution in [0.5, 0.6) is 0 Å². The molecule has 5 nitrogen and oxygen atoms in total. The van der Waals surface area contributed by atoms with Crippen LogP contribution in [0.2, 0.25) is 0 Å². The van der Waals surface area contributed by atoms with E-state index >= 15 is 0 Å². The SMILES string of the molecule is Cc1cc(Nc2nccc(C)c2C(N)=S)n(C)n1. The molecule has 0 spiro atoms. The molecule has 0 atom stereocenters. The van der Waals surface area contributed by atoms with E-state index in [1.54, 1.807) is 10.9 Å². The molecule has 3 N–H and O–H groups in total. The number of hydrogen-bond acceptors (Lipinski definition) is 4. The average Bonchev–Trinajstić information content (AvgIpc) is 2.57. The summed E-state index contributed by atoms with van der Waals surface area (Å²) in [6.45, 7) is 3.89. The number of rotatable bonds is 3. The Balaban J connectivity index is 2.43. The van der Waals surface area contributed by atoms with Gasteiger partial charge in [0.25, 0.3) is 0 Å². The van der Waals surface area contributed by atoms with Crippen molar-refractivity contribution >= 4 is 28.8 Å². The van der Waals surface area contributed by atoms with E-state index in [2.05, 4.69) is 15.4 Å². The van der Waals surface area contributed by atoms with E-state index in [9.17, 15) is 0 Å². The Morgan fingerprint density at radius 3 is 2.72 bits per heavy atom. The fourth-order valence-electron chi connectivity index (χ4n) is 1.81. The molecule has 0 saturated carbocycles. The van der Waals surface area contributed by atoms with Crippen LogP contribution in [0.3, 0.4) is 0 Å². The molecule has 0 bridgehead atoms. The first-order valence-corrected chi connectivity index (χ1v) is 5.93. The third-order valence-corrected chi connectivity index (χ3v) is 2.86. The number of pyridine rings is 1. The molecule has 18 heavy (non-hydrogen) atoms. The molecule has 2 aromatic heterocycles. The van der Waals surface area contributed by atoms with Gasteiger partial charge in [-0.2, -0.15) is 5.10 Å². The van der Waals surface area contributed by atoms with E-state index in [1.807, 2.05) is 33.0 Å². The Bertz CT molecular complexity index is 603. The van der Waals surface area contributed by atoms with Gasteiger partial charge in [0.2, 0.25) is 0 Å². The van der Waals surface area contributed by atoms with Crippen LogP contribution in [0.25, 0.3) is 0 Å². The summed E-state index contributed by atoms with van der Waals surface area (Å²) in [5, 5.41) is 7.47. The molecule has 2 aromatic rings. The molecule has 0 aliphatic carbocycles. The molecule has 0 aliphatic rings. The first-order valence-electron chi connectivity index (χ1n) is 5.52. The highest BCUT2D eigenvalue weighted by Gasteiger charge is 2.11. The maximum absolute atomic E-state index is 5.74. The lowest BCUT2D eigenvalue weighted by Gasteiger charge is -2.12. The van der Waals surface area contributed by atoms with Gasteiger partial charge < -0.3 is 11.1 Å². The lowest BCUT2D eigenvalue weighted by atomic mass is 10.1. The molecule has 0 radical (unpaired) electrons. The summed E-state index contributed by atoms with van der Waals surface area (Å²) < 4.78 is 1.75. The summed E-state index contributed by atoms with van der Waals surface area (Å²) >= 11 is 5.07. The van der Waals surface area contributed by atoms with Crippen molar-refractivity contribution in [1.29, 1.82) is 0 Å². The highest BCUT2D eigenvalue weighted by molar-refractivity contribution is 7.80. The first-order chi connectivity index (χ1) is 8.49. The van der Waals surface area contributed by atoms with Crippen LogP contribution < -0.4 is 11.1 Å². The van der Waals surface area contributed by atoms with Gasteiger partial charge in [0, 0.05) is 19.3 Å². The van der Waals surface area contributed by atoms with Crippen molar-refractivity contribution < 1.29 is 0 Å². The summed E-state index contributed by atoms with van der Waals surface area (Å²) in [6, 6.07) is 3.82. The number of aromatic nitrogens is 3. The van der Waals surface area contributed by atoms with Crippen molar-refractivity contribution in [2.24, 2.45) is 12.8 Å². The summed E-state index contributed by atoms with van der Waals surface area (Å²) in [4.78, 5) is 4.62. The second-order valence-electron chi connectivity index (χ2n) is 4.14. The normalized spacial score (nSPS) is 10.4. The third kappa shape index (κ3) is 2.33. The molecule has 0 aromatic carbocycles. The summed E-state index contributed by atoms with van der Waals surface area (Å²) in [5.41, 5.74) is 8.44. The van der Waals surface area contributed by atoms with Crippen molar-refractivity contribution in [3.05, 3.63) is 35.2 Å². The summed E-state index contributed by atoms with van der Waals surface area (Å²) in [6.07, 6.45) is 1.72. The molecule has 0 amide bonds. The minimum atomic E-state index is 0.335. The number of anilines is 2. The monoisotopic (exact) mass is 261 g/mol. The van der Waals surface area contributed by atoms with Crippen molar-refractivity contribution in [2.45, 2.75) is 13.8 Å². The zero-order valence-electron chi connectivity index (χ0n) is 10.6. The molecule has 6 heteroatoms. The van der Waals surface area contributed by atoms with Gasteiger partial charge in [0.15, 0.2) is 0 Å².